The number of carbonyl (C=O) groups excluding carboxylic acids is 2. The first kappa shape index (κ1) is 10.7. The molecule has 0 unspecified atom stereocenters. The highest BCUT2D eigenvalue weighted by Crippen LogP contribution is 2.21. The molecule has 4 nitrogen and oxygen atoms in total. The first-order valence-electron chi connectivity index (χ1n) is 5.16. The van der Waals surface area contributed by atoms with Crippen molar-refractivity contribution in [3.63, 3.8) is 0 Å². The Labute approximate surface area is 94.1 Å². The van der Waals surface area contributed by atoms with Crippen LogP contribution in [-0.4, -0.2) is 16.5 Å². The molecule has 1 aliphatic rings. The molecule has 2 amide bonds. The van der Waals surface area contributed by atoms with Crippen LogP contribution in [0.2, 0.25) is 0 Å². The summed E-state index contributed by atoms with van der Waals surface area (Å²) in [5.41, 5.74) is 2.80. The van der Waals surface area contributed by atoms with Gasteiger partial charge in [0.15, 0.2) is 0 Å². The van der Waals surface area contributed by atoms with Gasteiger partial charge in [-0.25, -0.2) is 0 Å². The fourth-order valence-corrected chi connectivity index (χ4v) is 1.89. The number of nitrogens with zero attached hydrogens (tertiary/aromatic N) is 2. The van der Waals surface area contributed by atoms with E-state index < -0.39 is 0 Å². The van der Waals surface area contributed by atoms with Crippen LogP contribution in [0.1, 0.15) is 25.2 Å². The van der Waals surface area contributed by atoms with Gasteiger partial charge in [-0.15, -0.1) is 0 Å². The normalized spacial score (nSPS) is 16.6. The summed E-state index contributed by atoms with van der Waals surface area (Å²) in [4.78, 5) is 23.9. The van der Waals surface area contributed by atoms with Gasteiger partial charge in [0, 0.05) is 22.5 Å². The van der Waals surface area contributed by atoms with Gasteiger partial charge < -0.3 is 0 Å². The summed E-state index contributed by atoms with van der Waals surface area (Å²) in [6.07, 6.45) is 0. The third-order valence-corrected chi connectivity index (χ3v) is 3.02. The average molecular weight is 218 g/mol. The SMILES string of the molecule is CC1=C(C)C(=O)N(n2c(C)ccc2C)C1=O. The van der Waals surface area contributed by atoms with E-state index in [4.69, 9.17) is 0 Å². The molecule has 16 heavy (non-hydrogen) atoms. The van der Waals surface area contributed by atoms with E-state index in [1.54, 1.807) is 18.5 Å². The van der Waals surface area contributed by atoms with Gasteiger partial charge in [-0.05, 0) is 39.8 Å². The molecule has 0 saturated heterocycles. The molecule has 1 aromatic heterocycles. The number of amides is 2. The second-order valence-electron chi connectivity index (χ2n) is 4.10. The van der Waals surface area contributed by atoms with Crippen LogP contribution in [-0.2, 0) is 9.59 Å². The van der Waals surface area contributed by atoms with E-state index in [0.717, 1.165) is 11.4 Å². The van der Waals surface area contributed by atoms with Gasteiger partial charge in [-0.1, -0.05) is 0 Å². The molecule has 1 aliphatic heterocycles. The number of aromatic nitrogens is 1. The Hall–Kier alpha value is -1.84. The molecule has 0 atom stereocenters. The molecule has 0 fully saturated rings. The van der Waals surface area contributed by atoms with Gasteiger partial charge >= 0.3 is 0 Å². The maximum absolute atomic E-state index is 12.0. The van der Waals surface area contributed by atoms with Gasteiger partial charge in [0.2, 0.25) is 0 Å². The van der Waals surface area contributed by atoms with Gasteiger partial charge in [0.25, 0.3) is 11.8 Å². The van der Waals surface area contributed by atoms with Crippen molar-refractivity contribution in [1.29, 1.82) is 0 Å². The molecular formula is C12H14N2O2. The van der Waals surface area contributed by atoms with Crippen molar-refractivity contribution in [2.24, 2.45) is 0 Å². The predicted octanol–water partition coefficient (Wildman–Crippen LogP) is 1.45. The Kier molecular flexibility index (Phi) is 2.22. The summed E-state index contributed by atoms with van der Waals surface area (Å²) in [6, 6.07) is 3.78. The van der Waals surface area contributed by atoms with E-state index in [1.165, 1.54) is 5.01 Å². The van der Waals surface area contributed by atoms with Crippen LogP contribution in [0.15, 0.2) is 23.3 Å². The highest BCUT2D eigenvalue weighted by Gasteiger charge is 2.35. The van der Waals surface area contributed by atoms with Crippen LogP contribution in [0.25, 0.3) is 0 Å². The van der Waals surface area contributed by atoms with E-state index in [-0.39, 0.29) is 11.8 Å². The summed E-state index contributed by atoms with van der Waals surface area (Å²) in [7, 11) is 0. The lowest BCUT2D eigenvalue weighted by molar-refractivity contribution is -0.123. The van der Waals surface area contributed by atoms with E-state index >= 15 is 0 Å². The summed E-state index contributed by atoms with van der Waals surface area (Å²) >= 11 is 0. The molecule has 0 spiro atoms. The number of hydrogen-bond acceptors (Lipinski definition) is 2. The van der Waals surface area contributed by atoms with E-state index in [9.17, 15) is 9.59 Å². The van der Waals surface area contributed by atoms with Gasteiger partial charge in [0.05, 0.1) is 0 Å². The number of carbonyl (C=O) groups is 2. The molecule has 0 aromatic carbocycles. The van der Waals surface area contributed by atoms with E-state index in [2.05, 4.69) is 0 Å². The second-order valence-corrected chi connectivity index (χ2v) is 4.10. The van der Waals surface area contributed by atoms with Gasteiger partial charge in [-0.3, -0.25) is 14.3 Å². The van der Waals surface area contributed by atoms with Crippen molar-refractivity contribution in [2.75, 3.05) is 5.01 Å². The largest absolute Gasteiger partial charge is 0.276 e. The molecule has 2 rings (SSSR count). The minimum absolute atomic E-state index is 0.232. The Morgan fingerprint density at radius 3 is 1.56 bits per heavy atom. The maximum Gasteiger partial charge on any atom is 0.276 e. The fourth-order valence-electron chi connectivity index (χ4n) is 1.89. The van der Waals surface area contributed by atoms with Crippen molar-refractivity contribution >= 4 is 11.8 Å². The van der Waals surface area contributed by atoms with Crippen molar-refractivity contribution in [2.45, 2.75) is 27.7 Å². The Balaban J connectivity index is 2.54. The van der Waals surface area contributed by atoms with Crippen LogP contribution < -0.4 is 5.01 Å². The van der Waals surface area contributed by atoms with Crippen LogP contribution in [0, 0.1) is 13.8 Å². The van der Waals surface area contributed by atoms with Crippen molar-refractivity contribution in [3.05, 3.63) is 34.7 Å². The molecule has 0 N–H and O–H groups in total. The zero-order valence-corrected chi connectivity index (χ0v) is 9.87. The molecular weight excluding hydrogens is 204 g/mol. The van der Waals surface area contributed by atoms with E-state index in [0.29, 0.717) is 11.1 Å². The van der Waals surface area contributed by atoms with Crippen molar-refractivity contribution < 1.29 is 9.59 Å². The summed E-state index contributed by atoms with van der Waals surface area (Å²) in [5.74, 6) is -0.463. The number of imide groups is 1. The van der Waals surface area contributed by atoms with Crippen LogP contribution in [0.4, 0.5) is 0 Å². The lowest BCUT2D eigenvalue weighted by Gasteiger charge is -2.20. The second kappa shape index (κ2) is 3.33. The van der Waals surface area contributed by atoms with Crippen LogP contribution in [0.3, 0.4) is 0 Å². The molecule has 1 aromatic rings. The zero-order valence-electron chi connectivity index (χ0n) is 9.87. The fraction of sp³-hybridized carbons (Fsp3) is 0.333. The predicted molar refractivity (Wildman–Crippen MR) is 60.5 cm³/mol. The van der Waals surface area contributed by atoms with Gasteiger partial charge in [0.1, 0.15) is 0 Å². The highest BCUT2D eigenvalue weighted by molar-refractivity contribution is 6.28. The van der Waals surface area contributed by atoms with Crippen molar-refractivity contribution in [1.82, 2.24) is 4.68 Å². The first-order chi connectivity index (χ1) is 7.45. The first-order valence-corrected chi connectivity index (χ1v) is 5.16. The maximum atomic E-state index is 12.0. The lowest BCUT2D eigenvalue weighted by Crippen LogP contribution is -2.42. The molecule has 2 heterocycles. The highest BCUT2D eigenvalue weighted by atomic mass is 16.2. The molecule has 4 heteroatoms. The van der Waals surface area contributed by atoms with Gasteiger partial charge in [-0.2, -0.15) is 5.01 Å². The lowest BCUT2D eigenvalue weighted by atomic mass is 10.2. The zero-order chi connectivity index (χ0) is 12.0. The summed E-state index contributed by atoms with van der Waals surface area (Å²) < 4.78 is 1.66. The topological polar surface area (TPSA) is 42.3 Å². The quantitative estimate of drug-likeness (QED) is 0.669. The number of aryl methyl sites for hydroxylation is 2. The standard InChI is InChI=1S/C12H14N2O2/c1-7-5-6-8(2)13(7)14-11(15)9(3)10(4)12(14)16/h5-6H,1-4H3. The smallest absolute Gasteiger partial charge is 0.267 e. The molecule has 84 valence electrons. The third kappa shape index (κ3) is 1.23. The molecule has 0 aliphatic carbocycles. The third-order valence-electron chi connectivity index (χ3n) is 3.02. The summed E-state index contributed by atoms with van der Waals surface area (Å²) in [5, 5.41) is 1.20. The van der Waals surface area contributed by atoms with Crippen LogP contribution in [0.5, 0.6) is 0 Å². The molecule has 0 saturated carbocycles. The minimum Gasteiger partial charge on any atom is -0.267 e. The Morgan fingerprint density at radius 2 is 1.19 bits per heavy atom. The Bertz CT molecular complexity index is 480. The summed E-state index contributed by atoms with van der Waals surface area (Å²) in [6.45, 7) is 7.11. The molecule has 0 radical (unpaired) electrons. The molecule has 0 bridgehead atoms. The number of hydrogen-bond donors (Lipinski definition) is 0. The Morgan fingerprint density at radius 1 is 0.812 bits per heavy atom. The monoisotopic (exact) mass is 218 g/mol. The average Bonchev–Trinajstić information content (AvgIpc) is 2.65. The van der Waals surface area contributed by atoms with Crippen LogP contribution >= 0.6 is 0 Å². The van der Waals surface area contributed by atoms with E-state index in [1.807, 2.05) is 26.0 Å². The minimum atomic E-state index is -0.232. The van der Waals surface area contributed by atoms with Crippen molar-refractivity contribution in [3.8, 4) is 0 Å². The number of rotatable bonds is 1.